The normalized spacial score (nSPS) is 11.2. The molecular weight excluding hydrogens is 368 g/mol. The second-order valence-electron chi connectivity index (χ2n) is 7.59. The Kier molecular flexibility index (Phi) is 6.26. The smallest absolute Gasteiger partial charge is 0.263 e. The molecule has 0 aliphatic heterocycles. The topological polar surface area (TPSA) is 96.8 Å². The van der Waals surface area contributed by atoms with Crippen molar-refractivity contribution in [2.24, 2.45) is 5.92 Å². The van der Waals surface area contributed by atoms with E-state index in [9.17, 15) is 14.4 Å². The second kappa shape index (κ2) is 8.86. The Morgan fingerprint density at radius 3 is 2.72 bits per heavy atom. The summed E-state index contributed by atoms with van der Waals surface area (Å²) in [6.07, 6.45) is 2.96. The first-order valence-electron chi connectivity index (χ1n) is 9.83. The predicted molar refractivity (Wildman–Crippen MR) is 113 cm³/mol. The molecule has 1 amide bonds. The number of carbonyl (C=O) groups is 1. The molecule has 0 unspecified atom stereocenters. The third-order valence-corrected chi connectivity index (χ3v) is 4.86. The number of pyridine rings is 1. The van der Waals surface area contributed by atoms with Gasteiger partial charge < -0.3 is 14.9 Å². The maximum atomic E-state index is 12.7. The van der Waals surface area contributed by atoms with Gasteiger partial charge in [-0.05, 0) is 43.0 Å². The summed E-state index contributed by atoms with van der Waals surface area (Å²) in [6.45, 7) is 6.79. The molecule has 0 aliphatic rings. The van der Waals surface area contributed by atoms with E-state index in [1.54, 1.807) is 42.0 Å². The molecule has 0 aliphatic carbocycles. The molecule has 0 fully saturated rings. The van der Waals surface area contributed by atoms with Crippen LogP contribution in [0.3, 0.4) is 0 Å². The van der Waals surface area contributed by atoms with Crippen LogP contribution in [0.5, 0.6) is 0 Å². The number of H-pyrrole nitrogens is 1. The molecule has 0 bridgehead atoms. The summed E-state index contributed by atoms with van der Waals surface area (Å²) in [4.78, 5) is 44.6. The molecule has 0 spiro atoms. The SMILES string of the molecule is Cc1ccn(CCC(C)C)c(=O)c1C(=O)NCCc1nc2ccccc2c(=O)[nH]1. The van der Waals surface area contributed by atoms with Gasteiger partial charge in [0.05, 0.1) is 10.9 Å². The third-order valence-electron chi connectivity index (χ3n) is 4.86. The summed E-state index contributed by atoms with van der Waals surface area (Å²) in [5.41, 5.74) is 0.940. The summed E-state index contributed by atoms with van der Waals surface area (Å²) in [5, 5.41) is 3.30. The van der Waals surface area contributed by atoms with E-state index in [0.29, 0.717) is 41.2 Å². The molecule has 7 nitrogen and oxygen atoms in total. The maximum absolute atomic E-state index is 12.7. The van der Waals surface area contributed by atoms with Crippen LogP contribution in [-0.2, 0) is 13.0 Å². The van der Waals surface area contributed by atoms with Crippen LogP contribution in [0.25, 0.3) is 10.9 Å². The Labute approximate surface area is 168 Å². The minimum absolute atomic E-state index is 0.163. The molecule has 7 heteroatoms. The fraction of sp³-hybridized carbons (Fsp3) is 0.364. The van der Waals surface area contributed by atoms with Crippen molar-refractivity contribution in [3.63, 3.8) is 0 Å². The van der Waals surface area contributed by atoms with Crippen LogP contribution in [0.4, 0.5) is 0 Å². The first-order valence-corrected chi connectivity index (χ1v) is 9.83. The highest BCUT2D eigenvalue weighted by molar-refractivity contribution is 5.95. The van der Waals surface area contributed by atoms with E-state index in [0.717, 1.165) is 6.42 Å². The highest BCUT2D eigenvalue weighted by Gasteiger charge is 2.16. The van der Waals surface area contributed by atoms with E-state index < -0.39 is 5.91 Å². The lowest BCUT2D eigenvalue weighted by atomic mass is 10.1. The third kappa shape index (κ3) is 4.80. The molecule has 2 heterocycles. The lowest BCUT2D eigenvalue weighted by Crippen LogP contribution is -2.35. The van der Waals surface area contributed by atoms with Crippen LogP contribution in [-0.4, -0.2) is 27.0 Å². The lowest BCUT2D eigenvalue weighted by molar-refractivity contribution is 0.0951. The molecule has 0 saturated heterocycles. The molecule has 0 saturated carbocycles. The number of carbonyl (C=O) groups excluding carboxylic acids is 1. The van der Waals surface area contributed by atoms with Crippen LogP contribution >= 0.6 is 0 Å². The average molecular weight is 394 g/mol. The summed E-state index contributed by atoms with van der Waals surface area (Å²) >= 11 is 0. The second-order valence-corrected chi connectivity index (χ2v) is 7.59. The molecule has 3 aromatic rings. The first-order chi connectivity index (χ1) is 13.9. The standard InChI is InChI=1S/C22H26N4O3/c1-14(2)9-12-26-13-10-15(3)19(22(26)29)21(28)23-11-8-18-24-17-7-5-4-6-16(17)20(27)25-18/h4-7,10,13-14H,8-9,11-12H2,1-3H3,(H,23,28)(H,24,25,27). The van der Waals surface area contributed by atoms with Crippen LogP contribution < -0.4 is 16.4 Å². The molecule has 3 rings (SSSR count). The van der Waals surface area contributed by atoms with Crippen molar-refractivity contribution in [1.29, 1.82) is 0 Å². The summed E-state index contributed by atoms with van der Waals surface area (Å²) in [6, 6.07) is 8.89. The van der Waals surface area contributed by atoms with Gasteiger partial charge in [0, 0.05) is 25.7 Å². The Bertz CT molecular complexity index is 1140. The zero-order valence-corrected chi connectivity index (χ0v) is 17.0. The number of para-hydroxylation sites is 1. The molecule has 2 N–H and O–H groups in total. The predicted octanol–water partition coefficient (Wildman–Crippen LogP) is 2.41. The summed E-state index contributed by atoms with van der Waals surface area (Å²) in [7, 11) is 0. The van der Waals surface area contributed by atoms with Gasteiger partial charge in [-0.2, -0.15) is 0 Å². The highest BCUT2D eigenvalue weighted by Crippen LogP contribution is 2.07. The maximum Gasteiger partial charge on any atom is 0.263 e. The van der Waals surface area contributed by atoms with Crippen molar-refractivity contribution >= 4 is 16.8 Å². The van der Waals surface area contributed by atoms with Gasteiger partial charge in [-0.1, -0.05) is 26.0 Å². The van der Waals surface area contributed by atoms with Gasteiger partial charge in [0.25, 0.3) is 17.0 Å². The first kappa shape index (κ1) is 20.5. The van der Waals surface area contributed by atoms with Crippen LogP contribution in [0.15, 0.2) is 46.1 Å². The van der Waals surface area contributed by atoms with E-state index in [2.05, 4.69) is 29.1 Å². The van der Waals surface area contributed by atoms with Crippen molar-refractivity contribution in [3.05, 3.63) is 74.2 Å². The minimum Gasteiger partial charge on any atom is -0.351 e. The van der Waals surface area contributed by atoms with Gasteiger partial charge in [0.15, 0.2) is 0 Å². The molecular formula is C22H26N4O3. The number of hydrogen-bond acceptors (Lipinski definition) is 4. The fourth-order valence-electron chi connectivity index (χ4n) is 3.15. The monoisotopic (exact) mass is 394 g/mol. The van der Waals surface area contributed by atoms with Gasteiger partial charge in [-0.15, -0.1) is 0 Å². The van der Waals surface area contributed by atoms with E-state index in [4.69, 9.17) is 0 Å². The summed E-state index contributed by atoms with van der Waals surface area (Å²) < 4.78 is 1.59. The van der Waals surface area contributed by atoms with Crippen molar-refractivity contribution < 1.29 is 4.79 Å². The Hall–Kier alpha value is -3.22. The van der Waals surface area contributed by atoms with E-state index >= 15 is 0 Å². The van der Waals surface area contributed by atoms with E-state index in [1.165, 1.54) is 0 Å². The van der Waals surface area contributed by atoms with Gasteiger partial charge in [-0.3, -0.25) is 14.4 Å². The van der Waals surface area contributed by atoms with Crippen molar-refractivity contribution in [2.75, 3.05) is 6.54 Å². The van der Waals surface area contributed by atoms with Crippen LogP contribution in [0.1, 0.15) is 42.0 Å². The number of hydrogen-bond donors (Lipinski definition) is 2. The van der Waals surface area contributed by atoms with Crippen LogP contribution in [0, 0.1) is 12.8 Å². The number of benzene rings is 1. The number of rotatable bonds is 7. The van der Waals surface area contributed by atoms with Gasteiger partial charge in [-0.25, -0.2) is 4.98 Å². The molecule has 152 valence electrons. The van der Waals surface area contributed by atoms with E-state index in [-0.39, 0.29) is 23.2 Å². The fourth-order valence-corrected chi connectivity index (χ4v) is 3.15. The van der Waals surface area contributed by atoms with Crippen molar-refractivity contribution in [3.8, 4) is 0 Å². The number of aromatic amines is 1. The number of aromatic nitrogens is 3. The number of fused-ring (bicyclic) bond motifs is 1. The molecule has 1 aromatic carbocycles. The van der Waals surface area contributed by atoms with Crippen LogP contribution in [0.2, 0.25) is 0 Å². The van der Waals surface area contributed by atoms with Gasteiger partial charge >= 0.3 is 0 Å². The Morgan fingerprint density at radius 2 is 1.97 bits per heavy atom. The van der Waals surface area contributed by atoms with Crippen molar-refractivity contribution in [1.82, 2.24) is 19.9 Å². The molecule has 0 radical (unpaired) electrons. The van der Waals surface area contributed by atoms with Gasteiger partial charge in [0.2, 0.25) is 0 Å². The lowest BCUT2D eigenvalue weighted by Gasteiger charge is -2.12. The summed E-state index contributed by atoms with van der Waals surface area (Å²) in [5.74, 6) is 0.555. The zero-order chi connectivity index (χ0) is 21.0. The van der Waals surface area contributed by atoms with Crippen molar-refractivity contribution in [2.45, 2.75) is 40.2 Å². The molecule has 0 atom stereocenters. The molecule has 2 aromatic heterocycles. The number of nitrogens with one attached hydrogen (secondary N) is 2. The van der Waals surface area contributed by atoms with Gasteiger partial charge in [0.1, 0.15) is 11.4 Å². The van der Waals surface area contributed by atoms with E-state index in [1.807, 2.05) is 6.07 Å². The number of nitrogens with zero attached hydrogens (tertiary/aromatic N) is 2. The number of amides is 1. The zero-order valence-electron chi connectivity index (χ0n) is 17.0. The number of aryl methyl sites for hydroxylation is 2. The Morgan fingerprint density at radius 1 is 1.21 bits per heavy atom. The molecule has 29 heavy (non-hydrogen) atoms. The largest absolute Gasteiger partial charge is 0.351 e. The highest BCUT2D eigenvalue weighted by atomic mass is 16.2. The Balaban J connectivity index is 1.70. The average Bonchev–Trinajstić information content (AvgIpc) is 2.67. The minimum atomic E-state index is -0.408. The quantitative estimate of drug-likeness (QED) is 0.643.